The molecule has 0 heterocycles. The van der Waals surface area contributed by atoms with E-state index < -0.39 is 11.5 Å². The number of carboxylic acids is 1. The highest BCUT2D eigenvalue weighted by atomic mass is 16.5. The molecule has 0 radical (unpaired) electrons. The molecule has 0 unspecified atom stereocenters. The SMILES string of the molecule is COc1ccc(C)cc1CC(=O)N[C@](C)(C(=O)O)c1ccccc1. The van der Waals surface area contributed by atoms with Crippen LogP contribution in [0.5, 0.6) is 5.75 Å². The van der Waals surface area contributed by atoms with Crippen LogP contribution in [0.25, 0.3) is 0 Å². The summed E-state index contributed by atoms with van der Waals surface area (Å²) in [5.41, 5.74) is 0.746. The molecule has 1 atom stereocenters. The molecule has 24 heavy (non-hydrogen) atoms. The van der Waals surface area contributed by atoms with Crippen molar-refractivity contribution in [3.8, 4) is 5.75 Å². The van der Waals surface area contributed by atoms with Crippen LogP contribution in [0.4, 0.5) is 0 Å². The Morgan fingerprint density at radius 2 is 1.83 bits per heavy atom. The van der Waals surface area contributed by atoms with Crippen molar-refractivity contribution in [2.75, 3.05) is 7.11 Å². The lowest BCUT2D eigenvalue weighted by Crippen LogP contribution is -2.50. The van der Waals surface area contributed by atoms with E-state index in [4.69, 9.17) is 4.74 Å². The third-order valence-electron chi connectivity index (χ3n) is 3.96. The summed E-state index contributed by atoms with van der Waals surface area (Å²) in [5.74, 6) is -0.890. The van der Waals surface area contributed by atoms with Gasteiger partial charge in [-0.25, -0.2) is 4.79 Å². The molecule has 2 rings (SSSR count). The molecule has 2 aromatic carbocycles. The standard InChI is InChI=1S/C19H21NO4/c1-13-9-10-16(24-3)14(11-13)12-17(21)20-19(2,18(22)23)15-7-5-4-6-8-15/h4-11H,12H2,1-3H3,(H,20,21)(H,22,23)/t19-/m0/s1. The van der Waals surface area contributed by atoms with Gasteiger partial charge in [-0.1, -0.05) is 48.0 Å². The first-order valence-corrected chi connectivity index (χ1v) is 7.60. The lowest BCUT2D eigenvalue weighted by molar-refractivity contribution is -0.147. The van der Waals surface area contributed by atoms with Crippen LogP contribution in [0.15, 0.2) is 48.5 Å². The summed E-state index contributed by atoms with van der Waals surface area (Å²) >= 11 is 0. The first kappa shape index (κ1) is 17.5. The Balaban J connectivity index is 2.24. The van der Waals surface area contributed by atoms with E-state index in [1.165, 1.54) is 14.0 Å². The van der Waals surface area contributed by atoms with E-state index in [1.54, 1.807) is 36.4 Å². The van der Waals surface area contributed by atoms with E-state index in [1.807, 2.05) is 19.1 Å². The second kappa shape index (κ2) is 7.17. The number of aryl methyl sites for hydroxylation is 1. The molecule has 126 valence electrons. The average molecular weight is 327 g/mol. The summed E-state index contributed by atoms with van der Waals surface area (Å²) in [5, 5.41) is 12.2. The zero-order valence-electron chi connectivity index (χ0n) is 14.0. The molecule has 0 fully saturated rings. The van der Waals surface area contributed by atoms with Crippen molar-refractivity contribution in [3.05, 3.63) is 65.2 Å². The second-order valence-corrected chi connectivity index (χ2v) is 5.84. The summed E-state index contributed by atoms with van der Waals surface area (Å²) in [6.07, 6.45) is 0.0422. The minimum absolute atomic E-state index is 0.0422. The number of aliphatic carboxylic acids is 1. The fourth-order valence-electron chi connectivity index (χ4n) is 2.56. The van der Waals surface area contributed by atoms with Crippen LogP contribution in [-0.4, -0.2) is 24.1 Å². The molecule has 2 aromatic rings. The minimum Gasteiger partial charge on any atom is -0.496 e. The maximum Gasteiger partial charge on any atom is 0.333 e. The summed E-state index contributed by atoms with van der Waals surface area (Å²) in [4.78, 5) is 24.2. The van der Waals surface area contributed by atoms with Gasteiger partial charge in [0.2, 0.25) is 5.91 Å². The molecule has 0 aliphatic carbocycles. The average Bonchev–Trinajstić information content (AvgIpc) is 2.55. The highest BCUT2D eigenvalue weighted by molar-refractivity contribution is 5.89. The van der Waals surface area contributed by atoms with Gasteiger partial charge in [0.25, 0.3) is 0 Å². The number of carboxylic acid groups (broad SMARTS) is 1. The Morgan fingerprint density at radius 3 is 2.42 bits per heavy atom. The molecule has 0 saturated heterocycles. The number of amides is 1. The van der Waals surface area contributed by atoms with Gasteiger partial charge in [0, 0.05) is 5.56 Å². The second-order valence-electron chi connectivity index (χ2n) is 5.84. The van der Waals surface area contributed by atoms with Crippen LogP contribution in [-0.2, 0) is 21.5 Å². The van der Waals surface area contributed by atoms with E-state index >= 15 is 0 Å². The van der Waals surface area contributed by atoms with E-state index in [-0.39, 0.29) is 12.3 Å². The van der Waals surface area contributed by atoms with Crippen LogP contribution < -0.4 is 10.1 Å². The smallest absolute Gasteiger partial charge is 0.333 e. The molecule has 0 spiro atoms. The number of ether oxygens (including phenoxy) is 1. The van der Waals surface area contributed by atoms with Crippen molar-refractivity contribution in [3.63, 3.8) is 0 Å². The van der Waals surface area contributed by atoms with E-state index in [2.05, 4.69) is 5.32 Å². The Labute approximate surface area is 141 Å². The van der Waals surface area contributed by atoms with Gasteiger partial charge in [-0.05, 0) is 25.5 Å². The van der Waals surface area contributed by atoms with Crippen molar-refractivity contribution in [1.82, 2.24) is 5.32 Å². The van der Waals surface area contributed by atoms with Crippen LogP contribution >= 0.6 is 0 Å². The highest BCUT2D eigenvalue weighted by Crippen LogP contribution is 2.23. The van der Waals surface area contributed by atoms with E-state index in [0.29, 0.717) is 11.3 Å². The van der Waals surface area contributed by atoms with Crippen LogP contribution in [0.3, 0.4) is 0 Å². The number of benzene rings is 2. The van der Waals surface area contributed by atoms with Gasteiger partial charge in [-0.15, -0.1) is 0 Å². The van der Waals surface area contributed by atoms with E-state index in [9.17, 15) is 14.7 Å². The maximum atomic E-state index is 12.5. The van der Waals surface area contributed by atoms with Crippen molar-refractivity contribution in [2.24, 2.45) is 0 Å². The Morgan fingerprint density at radius 1 is 1.17 bits per heavy atom. The Kier molecular flexibility index (Phi) is 5.24. The predicted octanol–water partition coefficient (Wildman–Crippen LogP) is 2.66. The monoisotopic (exact) mass is 327 g/mol. The Bertz CT molecular complexity index is 742. The summed E-state index contributed by atoms with van der Waals surface area (Å²) in [6.45, 7) is 3.40. The first-order valence-electron chi connectivity index (χ1n) is 7.60. The van der Waals surface area contributed by atoms with E-state index in [0.717, 1.165) is 11.1 Å². The van der Waals surface area contributed by atoms with Gasteiger partial charge in [0.1, 0.15) is 5.75 Å². The highest BCUT2D eigenvalue weighted by Gasteiger charge is 2.36. The maximum absolute atomic E-state index is 12.5. The summed E-state index contributed by atoms with van der Waals surface area (Å²) in [7, 11) is 1.54. The molecule has 0 aromatic heterocycles. The van der Waals surface area contributed by atoms with Crippen molar-refractivity contribution in [1.29, 1.82) is 0 Å². The normalized spacial score (nSPS) is 13.0. The molecular formula is C19H21NO4. The molecular weight excluding hydrogens is 306 g/mol. The minimum atomic E-state index is -1.49. The van der Waals surface area contributed by atoms with Gasteiger partial charge in [-0.2, -0.15) is 0 Å². The summed E-state index contributed by atoms with van der Waals surface area (Å²) < 4.78 is 5.27. The van der Waals surface area contributed by atoms with Gasteiger partial charge in [-0.3, -0.25) is 4.79 Å². The molecule has 2 N–H and O–H groups in total. The topological polar surface area (TPSA) is 75.6 Å². The number of carbonyl (C=O) groups excluding carboxylic acids is 1. The zero-order chi connectivity index (χ0) is 17.7. The molecule has 0 aliphatic rings. The van der Waals surface area contributed by atoms with Crippen LogP contribution in [0.1, 0.15) is 23.6 Å². The molecule has 0 aliphatic heterocycles. The van der Waals surface area contributed by atoms with Crippen molar-refractivity contribution < 1.29 is 19.4 Å². The fraction of sp³-hybridized carbons (Fsp3) is 0.263. The lowest BCUT2D eigenvalue weighted by atomic mass is 9.91. The number of rotatable bonds is 6. The number of hydrogen-bond donors (Lipinski definition) is 2. The predicted molar refractivity (Wildman–Crippen MR) is 91.0 cm³/mol. The molecule has 5 nitrogen and oxygen atoms in total. The zero-order valence-corrected chi connectivity index (χ0v) is 14.0. The van der Waals surface area contributed by atoms with Crippen LogP contribution in [0.2, 0.25) is 0 Å². The molecule has 5 heteroatoms. The lowest BCUT2D eigenvalue weighted by Gasteiger charge is -2.27. The summed E-state index contributed by atoms with van der Waals surface area (Å²) in [6, 6.07) is 14.2. The number of carbonyl (C=O) groups is 2. The van der Waals surface area contributed by atoms with Crippen LogP contribution in [0, 0.1) is 6.92 Å². The number of hydrogen-bond acceptors (Lipinski definition) is 3. The first-order chi connectivity index (χ1) is 11.4. The van der Waals surface area contributed by atoms with Gasteiger partial charge >= 0.3 is 5.97 Å². The number of nitrogens with one attached hydrogen (secondary N) is 1. The van der Waals surface area contributed by atoms with Crippen molar-refractivity contribution in [2.45, 2.75) is 25.8 Å². The largest absolute Gasteiger partial charge is 0.496 e. The molecule has 0 saturated carbocycles. The van der Waals surface area contributed by atoms with Crippen molar-refractivity contribution >= 4 is 11.9 Å². The third kappa shape index (κ3) is 3.74. The van der Waals surface area contributed by atoms with Gasteiger partial charge in [0.15, 0.2) is 5.54 Å². The van der Waals surface area contributed by atoms with Gasteiger partial charge in [0.05, 0.1) is 13.5 Å². The number of methoxy groups -OCH3 is 1. The quantitative estimate of drug-likeness (QED) is 0.855. The van der Waals surface area contributed by atoms with Gasteiger partial charge < -0.3 is 15.2 Å². The third-order valence-corrected chi connectivity index (χ3v) is 3.96. The fourth-order valence-corrected chi connectivity index (χ4v) is 2.56. The molecule has 0 bridgehead atoms. The Hall–Kier alpha value is -2.82. The molecule has 1 amide bonds.